The number of carbonyl (C=O) groups is 1. The fourth-order valence-corrected chi connectivity index (χ4v) is 2.71. The van der Waals surface area contributed by atoms with Crippen LogP contribution in [0.1, 0.15) is 34.9 Å². The van der Waals surface area contributed by atoms with Gasteiger partial charge in [-0.15, -0.1) is 0 Å². The van der Waals surface area contributed by atoms with Gasteiger partial charge in [0.1, 0.15) is 0 Å². The summed E-state index contributed by atoms with van der Waals surface area (Å²) in [6.07, 6.45) is 2.09. The Morgan fingerprint density at radius 3 is 3.05 bits per heavy atom. The van der Waals surface area contributed by atoms with E-state index in [0.717, 1.165) is 31.4 Å². The molecule has 1 aromatic carbocycles. The standard InChI is InChI=1S/C14H15N5O/c15-7-9-3-4-12-11(6-9)13(14(16)20)18-19(12)10-2-1-5-17-8-10/h3-4,6,10,17H,1-2,5,8H2,(H2,16,20). The number of aromatic nitrogens is 2. The average molecular weight is 269 g/mol. The summed E-state index contributed by atoms with van der Waals surface area (Å²) in [7, 11) is 0. The Hall–Kier alpha value is -2.39. The molecule has 0 aliphatic carbocycles. The first-order valence-corrected chi connectivity index (χ1v) is 6.63. The third-order valence-corrected chi connectivity index (χ3v) is 3.69. The Bertz CT molecular complexity index is 706. The molecule has 1 aliphatic heterocycles. The minimum Gasteiger partial charge on any atom is -0.364 e. The minimum absolute atomic E-state index is 0.215. The van der Waals surface area contributed by atoms with Crippen LogP contribution >= 0.6 is 0 Å². The number of hydrogen-bond acceptors (Lipinski definition) is 4. The zero-order chi connectivity index (χ0) is 14.1. The number of fused-ring (bicyclic) bond motifs is 1. The lowest BCUT2D eigenvalue weighted by molar-refractivity contribution is 0.0995. The normalized spacial score (nSPS) is 18.9. The van der Waals surface area contributed by atoms with Crippen molar-refractivity contribution in [2.45, 2.75) is 18.9 Å². The first kappa shape index (κ1) is 12.6. The minimum atomic E-state index is -0.562. The number of carbonyl (C=O) groups excluding carboxylic acids is 1. The van der Waals surface area contributed by atoms with E-state index in [1.54, 1.807) is 12.1 Å². The average Bonchev–Trinajstić information content (AvgIpc) is 2.87. The third-order valence-electron chi connectivity index (χ3n) is 3.69. The molecule has 3 rings (SSSR count). The van der Waals surface area contributed by atoms with Crippen molar-refractivity contribution in [2.75, 3.05) is 13.1 Å². The number of nitrogens with two attached hydrogens (primary N) is 1. The highest BCUT2D eigenvalue weighted by Crippen LogP contribution is 2.26. The van der Waals surface area contributed by atoms with E-state index in [1.807, 2.05) is 10.7 Å². The number of nitrogens with zero attached hydrogens (tertiary/aromatic N) is 3. The summed E-state index contributed by atoms with van der Waals surface area (Å²) < 4.78 is 1.86. The van der Waals surface area contributed by atoms with Gasteiger partial charge in [-0.05, 0) is 37.6 Å². The molecule has 2 aromatic rings. The Labute approximate surface area is 116 Å². The van der Waals surface area contributed by atoms with E-state index in [4.69, 9.17) is 11.0 Å². The molecule has 1 atom stereocenters. The van der Waals surface area contributed by atoms with Gasteiger partial charge in [-0.25, -0.2) is 0 Å². The van der Waals surface area contributed by atoms with Crippen LogP contribution in [0, 0.1) is 11.3 Å². The van der Waals surface area contributed by atoms with Gasteiger partial charge in [0.2, 0.25) is 0 Å². The summed E-state index contributed by atoms with van der Waals surface area (Å²) in [5, 5.41) is 17.3. The van der Waals surface area contributed by atoms with E-state index >= 15 is 0 Å². The first-order valence-electron chi connectivity index (χ1n) is 6.63. The van der Waals surface area contributed by atoms with Crippen LogP contribution in [-0.4, -0.2) is 28.8 Å². The van der Waals surface area contributed by atoms with Crippen LogP contribution in [0.4, 0.5) is 0 Å². The Balaban J connectivity index is 2.17. The maximum atomic E-state index is 11.6. The summed E-state index contributed by atoms with van der Waals surface area (Å²) >= 11 is 0. The molecule has 1 unspecified atom stereocenters. The van der Waals surface area contributed by atoms with E-state index in [-0.39, 0.29) is 11.7 Å². The Morgan fingerprint density at radius 1 is 1.55 bits per heavy atom. The van der Waals surface area contributed by atoms with Gasteiger partial charge in [0, 0.05) is 11.9 Å². The Kier molecular flexibility index (Phi) is 3.12. The molecule has 3 N–H and O–H groups in total. The zero-order valence-corrected chi connectivity index (χ0v) is 11.0. The molecule has 1 aliphatic rings. The monoisotopic (exact) mass is 269 g/mol. The summed E-state index contributed by atoms with van der Waals surface area (Å²) in [5.41, 5.74) is 6.99. The highest BCUT2D eigenvalue weighted by molar-refractivity contribution is 6.04. The van der Waals surface area contributed by atoms with Gasteiger partial charge in [-0.3, -0.25) is 9.48 Å². The van der Waals surface area contributed by atoms with Crippen molar-refractivity contribution in [3.8, 4) is 6.07 Å². The number of primary amides is 1. The predicted octanol–water partition coefficient (Wildman–Crippen LogP) is 0.931. The van der Waals surface area contributed by atoms with Crippen LogP contribution in [0.25, 0.3) is 10.9 Å². The number of nitrogens with one attached hydrogen (secondary N) is 1. The molecular formula is C14H15N5O. The summed E-state index contributed by atoms with van der Waals surface area (Å²) in [6, 6.07) is 7.54. The summed E-state index contributed by atoms with van der Waals surface area (Å²) in [6.45, 7) is 1.84. The maximum Gasteiger partial charge on any atom is 0.269 e. The fraction of sp³-hybridized carbons (Fsp3) is 0.357. The molecule has 2 heterocycles. The highest BCUT2D eigenvalue weighted by Gasteiger charge is 2.22. The van der Waals surface area contributed by atoms with Crippen LogP contribution in [0.5, 0.6) is 0 Å². The van der Waals surface area contributed by atoms with Crippen molar-refractivity contribution in [3.63, 3.8) is 0 Å². The van der Waals surface area contributed by atoms with Crippen molar-refractivity contribution >= 4 is 16.8 Å². The van der Waals surface area contributed by atoms with Crippen molar-refractivity contribution in [1.29, 1.82) is 5.26 Å². The molecule has 1 amide bonds. The van der Waals surface area contributed by atoms with Gasteiger partial charge in [0.05, 0.1) is 23.2 Å². The molecule has 0 saturated carbocycles. The first-order chi connectivity index (χ1) is 9.70. The van der Waals surface area contributed by atoms with Gasteiger partial charge in [-0.1, -0.05) is 0 Å². The van der Waals surface area contributed by atoms with E-state index in [9.17, 15) is 4.79 Å². The number of piperidine rings is 1. The van der Waals surface area contributed by atoms with Gasteiger partial charge in [0.25, 0.3) is 5.91 Å². The largest absolute Gasteiger partial charge is 0.364 e. The van der Waals surface area contributed by atoms with Gasteiger partial charge < -0.3 is 11.1 Å². The van der Waals surface area contributed by atoms with Crippen LogP contribution in [0.2, 0.25) is 0 Å². The summed E-state index contributed by atoms with van der Waals surface area (Å²) in [5.74, 6) is -0.562. The quantitative estimate of drug-likeness (QED) is 0.847. The number of hydrogen-bond donors (Lipinski definition) is 2. The van der Waals surface area contributed by atoms with Crippen LogP contribution < -0.4 is 11.1 Å². The molecule has 0 bridgehead atoms. The van der Waals surface area contributed by atoms with E-state index in [1.165, 1.54) is 0 Å². The number of rotatable bonds is 2. The van der Waals surface area contributed by atoms with E-state index < -0.39 is 5.91 Å². The third kappa shape index (κ3) is 2.02. The van der Waals surface area contributed by atoms with Gasteiger partial charge in [0.15, 0.2) is 5.69 Å². The van der Waals surface area contributed by atoms with Crippen LogP contribution in [-0.2, 0) is 0 Å². The lowest BCUT2D eigenvalue weighted by Crippen LogP contribution is -2.32. The lowest BCUT2D eigenvalue weighted by atomic mass is 10.1. The second-order valence-electron chi connectivity index (χ2n) is 5.00. The topological polar surface area (TPSA) is 96.7 Å². The molecule has 6 heteroatoms. The SMILES string of the molecule is N#Cc1ccc2c(c1)c(C(N)=O)nn2C1CCCNC1. The van der Waals surface area contributed by atoms with E-state index in [2.05, 4.69) is 16.5 Å². The summed E-state index contributed by atoms with van der Waals surface area (Å²) in [4.78, 5) is 11.6. The van der Waals surface area contributed by atoms with Crippen molar-refractivity contribution in [1.82, 2.24) is 15.1 Å². The number of benzene rings is 1. The molecule has 1 fully saturated rings. The number of nitriles is 1. The van der Waals surface area contributed by atoms with Gasteiger partial charge in [-0.2, -0.15) is 10.4 Å². The number of amides is 1. The molecule has 1 aromatic heterocycles. The Morgan fingerprint density at radius 2 is 2.40 bits per heavy atom. The van der Waals surface area contributed by atoms with Crippen LogP contribution in [0.15, 0.2) is 18.2 Å². The highest BCUT2D eigenvalue weighted by atomic mass is 16.1. The maximum absolute atomic E-state index is 11.6. The zero-order valence-electron chi connectivity index (χ0n) is 11.0. The molecular weight excluding hydrogens is 254 g/mol. The van der Waals surface area contributed by atoms with Gasteiger partial charge >= 0.3 is 0 Å². The molecule has 0 spiro atoms. The lowest BCUT2D eigenvalue weighted by Gasteiger charge is -2.23. The predicted molar refractivity (Wildman–Crippen MR) is 74.1 cm³/mol. The van der Waals surface area contributed by atoms with Crippen molar-refractivity contribution in [3.05, 3.63) is 29.5 Å². The fourth-order valence-electron chi connectivity index (χ4n) is 2.71. The smallest absolute Gasteiger partial charge is 0.269 e. The second-order valence-corrected chi connectivity index (χ2v) is 5.00. The van der Waals surface area contributed by atoms with Crippen molar-refractivity contribution < 1.29 is 4.79 Å². The molecule has 1 saturated heterocycles. The van der Waals surface area contributed by atoms with Crippen LogP contribution in [0.3, 0.4) is 0 Å². The second kappa shape index (κ2) is 4.94. The molecule has 20 heavy (non-hydrogen) atoms. The molecule has 6 nitrogen and oxygen atoms in total. The molecule has 102 valence electrons. The van der Waals surface area contributed by atoms with Crippen molar-refractivity contribution in [2.24, 2.45) is 5.73 Å². The molecule has 0 radical (unpaired) electrons. The van der Waals surface area contributed by atoms with E-state index in [0.29, 0.717) is 10.9 Å².